The van der Waals surface area contributed by atoms with Gasteiger partial charge < -0.3 is 14.9 Å². The van der Waals surface area contributed by atoms with Gasteiger partial charge in [-0.1, -0.05) is 22.0 Å². The highest BCUT2D eigenvalue weighted by atomic mass is 79.9. The van der Waals surface area contributed by atoms with E-state index in [-0.39, 0.29) is 18.4 Å². The van der Waals surface area contributed by atoms with Crippen molar-refractivity contribution < 1.29 is 19.5 Å². The molecule has 2 aliphatic rings. The van der Waals surface area contributed by atoms with Crippen LogP contribution in [0.5, 0.6) is 0 Å². The third-order valence-electron chi connectivity index (χ3n) is 4.92. The Bertz CT molecular complexity index is 708. The highest BCUT2D eigenvalue weighted by Gasteiger charge is 2.46. The van der Waals surface area contributed by atoms with Gasteiger partial charge in [0.15, 0.2) is 0 Å². The monoisotopic (exact) mass is 394 g/mol. The number of hydrogen-bond donors (Lipinski definition) is 1. The quantitative estimate of drug-likeness (QED) is 0.796. The second-order valence-corrected chi connectivity index (χ2v) is 7.60. The van der Waals surface area contributed by atoms with E-state index in [1.54, 1.807) is 11.8 Å². The van der Waals surface area contributed by atoms with Gasteiger partial charge in [-0.15, -0.1) is 0 Å². The third kappa shape index (κ3) is 2.92. The van der Waals surface area contributed by atoms with Crippen LogP contribution in [0.1, 0.15) is 19.8 Å². The van der Waals surface area contributed by atoms with Crippen molar-refractivity contribution in [3.63, 3.8) is 0 Å². The summed E-state index contributed by atoms with van der Waals surface area (Å²) < 4.78 is 0.874. The van der Waals surface area contributed by atoms with Gasteiger partial charge in [0.05, 0.1) is 5.41 Å². The molecule has 6 nitrogen and oxygen atoms in total. The molecule has 2 atom stereocenters. The number of halogens is 1. The molecule has 2 heterocycles. The fourth-order valence-corrected chi connectivity index (χ4v) is 3.74. The summed E-state index contributed by atoms with van der Waals surface area (Å²) in [6.07, 6.45) is 0.884. The van der Waals surface area contributed by atoms with E-state index in [0.29, 0.717) is 25.9 Å². The van der Waals surface area contributed by atoms with Gasteiger partial charge >= 0.3 is 5.97 Å². The summed E-state index contributed by atoms with van der Waals surface area (Å²) in [5.41, 5.74) is -0.150. The molecule has 128 valence electrons. The van der Waals surface area contributed by atoms with Crippen molar-refractivity contribution in [2.24, 2.45) is 11.3 Å². The number of carboxylic acid groups (broad SMARTS) is 1. The van der Waals surface area contributed by atoms with Crippen molar-refractivity contribution in [3.8, 4) is 0 Å². The zero-order valence-electron chi connectivity index (χ0n) is 13.4. The molecule has 0 aliphatic carbocycles. The van der Waals surface area contributed by atoms with Gasteiger partial charge in [-0.05, 0) is 38.0 Å². The van der Waals surface area contributed by atoms with Crippen LogP contribution in [-0.4, -0.2) is 47.4 Å². The van der Waals surface area contributed by atoms with Crippen molar-refractivity contribution in [3.05, 3.63) is 28.7 Å². The van der Waals surface area contributed by atoms with Crippen molar-refractivity contribution in [2.75, 3.05) is 24.5 Å². The lowest BCUT2D eigenvalue weighted by molar-refractivity contribution is -0.147. The minimum atomic E-state index is -0.915. The first-order chi connectivity index (χ1) is 11.3. The number of hydrogen-bond acceptors (Lipinski definition) is 3. The van der Waals surface area contributed by atoms with Crippen LogP contribution in [0, 0.1) is 11.3 Å². The van der Waals surface area contributed by atoms with Gasteiger partial charge in [0.2, 0.25) is 11.8 Å². The second-order valence-electron chi connectivity index (χ2n) is 6.69. The summed E-state index contributed by atoms with van der Waals surface area (Å²) in [4.78, 5) is 39.8. The maximum Gasteiger partial charge on any atom is 0.311 e. The standard InChI is InChI=1S/C17H19BrN2O4/c1-17(16(23)24)6-8-19(10-17)14(21)13-5-7-20(15(13)22)12-4-2-3-11(18)9-12/h2-4,9,13H,5-8,10H2,1H3,(H,23,24). The van der Waals surface area contributed by atoms with Gasteiger partial charge in [0.25, 0.3) is 0 Å². The highest BCUT2D eigenvalue weighted by Crippen LogP contribution is 2.33. The Morgan fingerprint density at radius 2 is 2.08 bits per heavy atom. The number of carboxylic acids is 1. The Balaban J connectivity index is 1.72. The van der Waals surface area contributed by atoms with E-state index >= 15 is 0 Å². The first-order valence-electron chi connectivity index (χ1n) is 7.91. The molecule has 2 saturated heterocycles. The van der Waals surface area contributed by atoms with E-state index in [1.165, 1.54) is 4.90 Å². The summed E-state index contributed by atoms with van der Waals surface area (Å²) in [6, 6.07) is 7.42. The highest BCUT2D eigenvalue weighted by molar-refractivity contribution is 9.10. The largest absolute Gasteiger partial charge is 0.481 e. The summed E-state index contributed by atoms with van der Waals surface area (Å²) in [5.74, 6) is -2.06. The second kappa shape index (κ2) is 6.20. The number of aliphatic carboxylic acids is 1. The number of rotatable bonds is 3. The molecular formula is C17H19BrN2O4. The van der Waals surface area contributed by atoms with E-state index in [0.717, 1.165) is 10.2 Å². The maximum atomic E-state index is 12.7. The molecule has 1 N–H and O–H groups in total. The average molecular weight is 395 g/mol. The molecule has 2 fully saturated rings. The lowest BCUT2D eigenvalue weighted by Gasteiger charge is -2.23. The van der Waals surface area contributed by atoms with Crippen LogP contribution in [-0.2, 0) is 14.4 Å². The minimum Gasteiger partial charge on any atom is -0.481 e. The van der Waals surface area contributed by atoms with Crippen molar-refractivity contribution in [1.82, 2.24) is 4.90 Å². The van der Waals surface area contributed by atoms with Crippen LogP contribution < -0.4 is 4.90 Å². The average Bonchev–Trinajstić information content (AvgIpc) is 3.11. The number of likely N-dealkylation sites (tertiary alicyclic amines) is 1. The number of amides is 2. The normalized spacial score (nSPS) is 26.9. The molecule has 2 amide bonds. The van der Waals surface area contributed by atoms with Gasteiger partial charge in [-0.2, -0.15) is 0 Å². The fourth-order valence-electron chi connectivity index (χ4n) is 3.35. The molecule has 0 spiro atoms. The van der Waals surface area contributed by atoms with Gasteiger partial charge in [0, 0.05) is 29.8 Å². The van der Waals surface area contributed by atoms with E-state index in [2.05, 4.69) is 15.9 Å². The van der Waals surface area contributed by atoms with Crippen molar-refractivity contribution in [2.45, 2.75) is 19.8 Å². The van der Waals surface area contributed by atoms with Crippen LogP contribution >= 0.6 is 15.9 Å². The first-order valence-corrected chi connectivity index (χ1v) is 8.70. The first kappa shape index (κ1) is 17.0. The fraction of sp³-hybridized carbons (Fsp3) is 0.471. The van der Waals surface area contributed by atoms with Gasteiger partial charge in [-0.3, -0.25) is 14.4 Å². The number of nitrogens with zero attached hydrogens (tertiary/aromatic N) is 2. The van der Waals surface area contributed by atoms with Crippen LogP contribution in [0.15, 0.2) is 28.7 Å². The molecule has 0 saturated carbocycles. The molecule has 24 heavy (non-hydrogen) atoms. The molecule has 1 aromatic rings. The Morgan fingerprint density at radius 1 is 1.33 bits per heavy atom. The summed E-state index contributed by atoms with van der Waals surface area (Å²) in [7, 11) is 0. The predicted octanol–water partition coefficient (Wildman–Crippen LogP) is 2.13. The molecule has 0 aromatic heterocycles. The molecular weight excluding hydrogens is 376 g/mol. The topological polar surface area (TPSA) is 77.9 Å². The van der Waals surface area contributed by atoms with Crippen LogP contribution in [0.4, 0.5) is 5.69 Å². The molecule has 7 heteroatoms. The Kier molecular flexibility index (Phi) is 4.38. The Hall–Kier alpha value is -1.89. The van der Waals surface area contributed by atoms with Crippen molar-refractivity contribution >= 4 is 39.4 Å². The zero-order chi connectivity index (χ0) is 17.5. The van der Waals surface area contributed by atoms with E-state index in [1.807, 2.05) is 24.3 Å². The lowest BCUT2D eigenvalue weighted by atomic mass is 9.90. The Labute approximate surface area is 148 Å². The summed E-state index contributed by atoms with van der Waals surface area (Å²) in [6.45, 7) is 2.70. The van der Waals surface area contributed by atoms with Crippen LogP contribution in [0.2, 0.25) is 0 Å². The van der Waals surface area contributed by atoms with Crippen molar-refractivity contribution in [1.29, 1.82) is 0 Å². The molecule has 2 unspecified atom stereocenters. The summed E-state index contributed by atoms with van der Waals surface area (Å²) >= 11 is 3.38. The number of carbonyl (C=O) groups excluding carboxylic acids is 2. The molecule has 0 bridgehead atoms. The van der Waals surface area contributed by atoms with Gasteiger partial charge in [0.1, 0.15) is 5.92 Å². The van der Waals surface area contributed by atoms with Crippen LogP contribution in [0.3, 0.4) is 0 Å². The summed E-state index contributed by atoms with van der Waals surface area (Å²) in [5, 5.41) is 9.29. The molecule has 1 aromatic carbocycles. The molecule has 0 radical (unpaired) electrons. The zero-order valence-corrected chi connectivity index (χ0v) is 15.0. The molecule has 3 rings (SSSR count). The SMILES string of the molecule is CC1(C(=O)O)CCN(C(=O)C2CCN(c3cccc(Br)c3)C2=O)C1. The van der Waals surface area contributed by atoms with Crippen LogP contribution in [0.25, 0.3) is 0 Å². The maximum absolute atomic E-state index is 12.7. The van der Waals surface area contributed by atoms with E-state index in [4.69, 9.17) is 0 Å². The van der Waals surface area contributed by atoms with E-state index in [9.17, 15) is 19.5 Å². The molecule has 2 aliphatic heterocycles. The van der Waals surface area contributed by atoms with Gasteiger partial charge in [-0.25, -0.2) is 0 Å². The smallest absolute Gasteiger partial charge is 0.311 e. The number of carbonyl (C=O) groups is 3. The van der Waals surface area contributed by atoms with E-state index < -0.39 is 17.3 Å². The number of anilines is 1. The number of benzene rings is 1. The lowest BCUT2D eigenvalue weighted by Crippen LogP contribution is -2.41. The third-order valence-corrected chi connectivity index (χ3v) is 5.42. The minimum absolute atomic E-state index is 0.168. The predicted molar refractivity (Wildman–Crippen MR) is 91.5 cm³/mol. The Morgan fingerprint density at radius 3 is 2.71 bits per heavy atom.